The van der Waals surface area contributed by atoms with E-state index in [0.717, 1.165) is 17.5 Å². The molecule has 1 amide bonds. The summed E-state index contributed by atoms with van der Waals surface area (Å²) in [5, 5.41) is 9.76. The lowest BCUT2D eigenvalue weighted by Crippen LogP contribution is -2.47. The van der Waals surface area contributed by atoms with E-state index < -0.39 is 23.8 Å². The van der Waals surface area contributed by atoms with Crippen LogP contribution in [-0.4, -0.2) is 41.5 Å². The number of nitrogens with one attached hydrogen (secondary N) is 2. The molecule has 0 radical (unpaired) electrons. The van der Waals surface area contributed by atoms with Gasteiger partial charge in [-0.2, -0.15) is 18.3 Å². The van der Waals surface area contributed by atoms with Gasteiger partial charge in [-0.25, -0.2) is 4.68 Å². The second-order valence-electron chi connectivity index (χ2n) is 6.46. The van der Waals surface area contributed by atoms with Gasteiger partial charge in [-0.1, -0.05) is 6.07 Å². The van der Waals surface area contributed by atoms with Crippen molar-refractivity contribution in [1.82, 2.24) is 20.4 Å². The summed E-state index contributed by atoms with van der Waals surface area (Å²) in [7, 11) is 0. The first kappa shape index (κ1) is 22.2. The number of hydrogen-bond donors (Lipinski definition) is 2. The van der Waals surface area contributed by atoms with E-state index in [1.54, 1.807) is 26.0 Å². The van der Waals surface area contributed by atoms with E-state index in [4.69, 9.17) is 4.74 Å². The zero-order valence-electron chi connectivity index (χ0n) is 15.5. The van der Waals surface area contributed by atoms with Crippen LogP contribution in [0.25, 0.3) is 5.69 Å². The third kappa shape index (κ3) is 5.03. The summed E-state index contributed by atoms with van der Waals surface area (Å²) in [6, 6.07) is 5.78. The molecule has 0 saturated carbocycles. The van der Waals surface area contributed by atoms with Crippen LogP contribution >= 0.6 is 12.4 Å². The fraction of sp³-hybridized carbons (Fsp3) is 0.444. The Balaban J connectivity index is 0.00000280. The molecule has 154 valence electrons. The molecule has 1 fully saturated rings. The molecule has 10 heteroatoms. The summed E-state index contributed by atoms with van der Waals surface area (Å²) in [5.74, 6) is -0.432. The topological polar surface area (TPSA) is 68.2 Å². The number of carbonyl (C=O) groups excluding carboxylic acids is 1. The summed E-state index contributed by atoms with van der Waals surface area (Å²) in [4.78, 5) is 12.1. The summed E-state index contributed by atoms with van der Waals surface area (Å²) in [6.07, 6.45) is -5.24. The Bertz CT molecular complexity index is 833. The molecule has 0 aliphatic carbocycles. The smallest absolute Gasteiger partial charge is 0.366 e. The van der Waals surface area contributed by atoms with Crippen molar-refractivity contribution in [1.29, 1.82) is 0 Å². The van der Waals surface area contributed by atoms with Crippen molar-refractivity contribution in [2.75, 3.05) is 19.7 Å². The van der Waals surface area contributed by atoms with Gasteiger partial charge in [0.25, 0.3) is 5.91 Å². The number of benzene rings is 1. The quantitative estimate of drug-likeness (QED) is 0.800. The molecule has 3 rings (SSSR count). The first-order valence-corrected chi connectivity index (χ1v) is 8.59. The van der Waals surface area contributed by atoms with Gasteiger partial charge in [0.05, 0.1) is 23.6 Å². The van der Waals surface area contributed by atoms with Crippen molar-refractivity contribution in [2.45, 2.75) is 32.7 Å². The van der Waals surface area contributed by atoms with Crippen LogP contribution in [0.4, 0.5) is 13.2 Å². The van der Waals surface area contributed by atoms with Crippen LogP contribution in [0.2, 0.25) is 0 Å². The van der Waals surface area contributed by atoms with Gasteiger partial charge in [-0.3, -0.25) is 4.79 Å². The monoisotopic (exact) mass is 418 g/mol. The van der Waals surface area contributed by atoms with E-state index in [1.165, 1.54) is 10.7 Å². The summed E-state index contributed by atoms with van der Waals surface area (Å²) in [6.45, 7) is 4.71. The molecule has 1 aromatic carbocycles. The number of halogens is 4. The molecule has 6 nitrogen and oxygen atoms in total. The number of nitrogens with zero attached hydrogens (tertiary/aromatic N) is 2. The number of hydrogen-bond acceptors (Lipinski definition) is 4. The summed E-state index contributed by atoms with van der Waals surface area (Å²) in [5.41, 5.74) is 0.977. The highest BCUT2D eigenvalue weighted by molar-refractivity contribution is 5.85. The molecular formula is C18H22ClF3N4O2. The van der Waals surface area contributed by atoms with Gasteiger partial charge in [0.2, 0.25) is 0 Å². The minimum absolute atomic E-state index is 0. The van der Waals surface area contributed by atoms with Crippen LogP contribution in [0.15, 0.2) is 24.3 Å². The molecule has 1 aliphatic heterocycles. The van der Waals surface area contributed by atoms with Crippen molar-refractivity contribution in [3.8, 4) is 5.69 Å². The third-order valence-corrected chi connectivity index (χ3v) is 4.33. The van der Waals surface area contributed by atoms with E-state index in [1.807, 2.05) is 0 Å². The highest BCUT2D eigenvalue weighted by atomic mass is 35.5. The average Bonchev–Trinajstić information content (AvgIpc) is 2.97. The van der Waals surface area contributed by atoms with Gasteiger partial charge >= 0.3 is 6.18 Å². The lowest BCUT2D eigenvalue weighted by molar-refractivity contribution is -0.139. The molecule has 0 bridgehead atoms. The molecule has 1 aromatic heterocycles. The predicted molar refractivity (Wildman–Crippen MR) is 99.7 cm³/mol. The number of aromatic nitrogens is 2. The van der Waals surface area contributed by atoms with E-state index in [-0.39, 0.29) is 24.5 Å². The Morgan fingerprint density at radius 3 is 2.68 bits per heavy atom. The van der Waals surface area contributed by atoms with Crippen molar-refractivity contribution in [3.05, 3.63) is 46.8 Å². The lowest BCUT2D eigenvalue weighted by Gasteiger charge is -2.23. The number of carbonyl (C=O) groups is 1. The first-order chi connectivity index (χ1) is 12.8. The first-order valence-electron chi connectivity index (χ1n) is 8.59. The minimum atomic E-state index is -4.55. The Morgan fingerprint density at radius 2 is 2.11 bits per heavy atom. The van der Waals surface area contributed by atoms with Crippen molar-refractivity contribution >= 4 is 18.3 Å². The highest BCUT2D eigenvalue weighted by Crippen LogP contribution is 2.33. The maximum atomic E-state index is 13.6. The molecule has 2 N–H and O–H groups in total. The molecule has 1 saturated heterocycles. The fourth-order valence-electron chi connectivity index (χ4n) is 3.03. The van der Waals surface area contributed by atoms with E-state index in [0.29, 0.717) is 25.4 Å². The molecular weight excluding hydrogens is 397 g/mol. The molecule has 0 spiro atoms. The van der Waals surface area contributed by atoms with Crippen LogP contribution in [-0.2, 0) is 22.3 Å². The van der Waals surface area contributed by atoms with Gasteiger partial charge in [0, 0.05) is 25.3 Å². The van der Waals surface area contributed by atoms with Gasteiger partial charge < -0.3 is 15.4 Å². The molecule has 2 heterocycles. The van der Waals surface area contributed by atoms with Crippen LogP contribution in [0.3, 0.4) is 0 Å². The maximum absolute atomic E-state index is 13.6. The second-order valence-corrected chi connectivity index (χ2v) is 6.46. The Hall–Kier alpha value is -2.10. The third-order valence-electron chi connectivity index (χ3n) is 4.33. The zero-order valence-corrected chi connectivity index (χ0v) is 16.3. The minimum Gasteiger partial charge on any atom is -0.366 e. The zero-order chi connectivity index (χ0) is 19.6. The predicted octanol–water partition coefficient (Wildman–Crippen LogP) is 2.53. The summed E-state index contributed by atoms with van der Waals surface area (Å²) >= 11 is 0. The van der Waals surface area contributed by atoms with Crippen LogP contribution in [0, 0.1) is 13.8 Å². The van der Waals surface area contributed by atoms with Crippen LogP contribution < -0.4 is 10.6 Å². The van der Waals surface area contributed by atoms with Gasteiger partial charge in [-0.05, 0) is 37.6 Å². The van der Waals surface area contributed by atoms with E-state index in [9.17, 15) is 18.0 Å². The Labute approximate surface area is 166 Å². The molecule has 28 heavy (non-hydrogen) atoms. The van der Waals surface area contributed by atoms with E-state index >= 15 is 0 Å². The maximum Gasteiger partial charge on any atom is 0.416 e. The van der Waals surface area contributed by atoms with Gasteiger partial charge in [0.15, 0.2) is 0 Å². The number of morpholine rings is 1. The SMILES string of the molecule is Cc1cc(C)n(-c2ccc(CNC(=O)C3CNCCO3)c(C(F)(F)F)c2)n1.Cl. The van der Waals surface area contributed by atoms with Crippen molar-refractivity contribution in [3.63, 3.8) is 0 Å². The molecule has 1 unspecified atom stereocenters. The fourth-order valence-corrected chi connectivity index (χ4v) is 3.03. The van der Waals surface area contributed by atoms with Crippen molar-refractivity contribution < 1.29 is 22.7 Å². The molecule has 1 aliphatic rings. The van der Waals surface area contributed by atoms with Crippen LogP contribution in [0.1, 0.15) is 22.5 Å². The van der Waals surface area contributed by atoms with Gasteiger partial charge in [0.1, 0.15) is 6.10 Å². The Morgan fingerprint density at radius 1 is 1.36 bits per heavy atom. The molecule has 2 aromatic rings. The normalized spacial score (nSPS) is 17.1. The number of ether oxygens (including phenoxy) is 1. The molecule has 1 atom stereocenters. The second kappa shape index (κ2) is 8.93. The van der Waals surface area contributed by atoms with Gasteiger partial charge in [-0.15, -0.1) is 12.4 Å². The van der Waals surface area contributed by atoms with Crippen molar-refractivity contribution in [2.24, 2.45) is 0 Å². The largest absolute Gasteiger partial charge is 0.416 e. The number of amides is 1. The average molecular weight is 419 g/mol. The number of aryl methyl sites for hydroxylation is 2. The lowest BCUT2D eigenvalue weighted by atomic mass is 10.1. The highest BCUT2D eigenvalue weighted by Gasteiger charge is 2.34. The summed E-state index contributed by atoms with van der Waals surface area (Å²) < 4.78 is 47.4. The Kier molecular flexibility index (Phi) is 7.08. The standard InChI is InChI=1S/C18H21F3N4O2.ClH/c1-11-7-12(2)25(24-11)14-4-3-13(15(8-14)18(19,20)21)9-23-17(26)16-10-22-5-6-27-16;/h3-4,7-8,16,22H,5-6,9-10H2,1-2H3,(H,23,26);1H. The number of alkyl halides is 3. The van der Waals surface area contributed by atoms with E-state index in [2.05, 4.69) is 15.7 Å². The number of rotatable bonds is 4. The van der Waals surface area contributed by atoms with Crippen LogP contribution in [0.5, 0.6) is 0 Å².